The van der Waals surface area contributed by atoms with E-state index < -0.39 is 5.91 Å². The van der Waals surface area contributed by atoms with Crippen LogP contribution in [0.5, 0.6) is 0 Å². The lowest BCUT2D eigenvalue weighted by molar-refractivity contribution is 0.0945. The molecule has 0 saturated heterocycles. The van der Waals surface area contributed by atoms with Gasteiger partial charge in [-0.2, -0.15) is 0 Å². The Morgan fingerprint density at radius 1 is 1.12 bits per heavy atom. The molecular formula is C24H18ClN5O3. The van der Waals surface area contributed by atoms with E-state index in [-0.39, 0.29) is 35.1 Å². The maximum atomic E-state index is 13.3. The SMILES string of the molecule is N=c1c(C(=O)NCc2ccco2)cc2c(=O)n3ccccc3nc2n1Cc1ccccc1Cl. The Bertz CT molecular complexity index is 1620. The average Bonchev–Trinajstić information content (AvgIpc) is 3.34. The standard InChI is InChI=1S/C24H18ClN5O3/c25-19-8-2-1-6-15(19)14-30-21(26)17(23(31)27-13-16-7-5-11-33-16)12-18-22(30)28-20-9-3-4-10-29(20)24(18)32/h1-12,26H,13-14H2,(H,27,31). The van der Waals surface area contributed by atoms with Crippen LogP contribution in [-0.2, 0) is 13.1 Å². The summed E-state index contributed by atoms with van der Waals surface area (Å²) in [5.41, 5.74) is 1.13. The van der Waals surface area contributed by atoms with Crippen LogP contribution in [0.25, 0.3) is 16.7 Å². The maximum Gasteiger partial charge on any atom is 0.267 e. The van der Waals surface area contributed by atoms with Crippen molar-refractivity contribution in [3.8, 4) is 0 Å². The number of benzene rings is 1. The molecule has 0 spiro atoms. The van der Waals surface area contributed by atoms with E-state index in [0.717, 1.165) is 5.56 Å². The quantitative estimate of drug-likeness (QED) is 0.393. The predicted molar refractivity (Wildman–Crippen MR) is 123 cm³/mol. The Labute approximate surface area is 192 Å². The second-order valence-electron chi connectivity index (χ2n) is 7.43. The second-order valence-corrected chi connectivity index (χ2v) is 7.84. The molecule has 0 saturated carbocycles. The first-order valence-corrected chi connectivity index (χ1v) is 10.5. The summed E-state index contributed by atoms with van der Waals surface area (Å²) < 4.78 is 8.21. The zero-order chi connectivity index (χ0) is 22.9. The minimum Gasteiger partial charge on any atom is -0.467 e. The fourth-order valence-electron chi connectivity index (χ4n) is 3.69. The van der Waals surface area contributed by atoms with Crippen LogP contribution in [0, 0.1) is 5.41 Å². The molecule has 2 N–H and O–H groups in total. The Balaban J connectivity index is 1.71. The second kappa shape index (κ2) is 8.40. The number of fused-ring (bicyclic) bond motifs is 2. The third-order valence-corrected chi connectivity index (χ3v) is 5.72. The Kier molecular flexibility index (Phi) is 5.27. The Morgan fingerprint density at radius 2 is 1.94 bits per heavy atom. The number of carbonyl (C=O) groups excluding carboxylic acids is 1. The van der Waals surface area contributed by atoms with Gasteiger partial charge < -0.3 is 14.3 Å². The van der Waals surface area contributed by atoms with E-state index in [1.165, 1.54) is 21.3 Å². The largest absolute Gasteiger partial charge is 0.467 e. The normalized spacial score (nSPS) is 11.2. The average molecular weight is 460 g/mol. The van der Waals surface area contributed by atoms with E-state index in [9.17, 15) is 9.59 Å². The highest BCUT2D eigenvalue weighted by Crippen LogP contribution is 2.18. The number of furan rings is 1. The van der Waals surface area contributed by atoms with Crippen molar-refractivity contribution in [3.05, 3.63) is 111 Å². The lowest BCUT2D eigenvalue weighted by Gasteiger charge is -2.15. The number of aromatic nitrogens is 3. The maximum absolute atomic E-state index is 13.3. The van der Waals surface area contributed by atoms with Crippen molar-refractivity contribution >= 4 is 34.2 Å². The smallest absolute Gasteiger partial charge is 0.267 e. The first-order valence-electron chi connectivity index (χ1n) is 10.2. The topological polar surface area (TPSA) is 105 Å². The third kappa shape index (κ3) is 3.81. The number of amides is 1. The van der Waals surface area contributed by atoms with E-state index in [4.69, 9.17) is 21.4 Å². The highest BCUT2D eigenvalue weighted by molar-refractivity contribution is 6.31. The molecule has 0 unspecified atom stereocenters. The zero-order valence-corrected chi connectivity index (χ0v) is 18.0. The van der Waals surface area contributed by atoms with Crippen LogP contribution < -0.4 is 16.4 Å². The molecule has 5 aromatic rings. The summed E-state index contributed by atoms with van der Waals surface area (Å²) in [6.45, 7) is 0.326. The fourth-order valence-corrected chi connectivity index (χ4v) is 3.88. The number of hydrogen-bond donors (Lipinski definition) is 2. The third-order valence-electron chi connectivity index (χ3n) is 5.35. The van der Waals surface area contributed by atoms with Gasteiger partial charge in [-0.25, -0.2) is 4.98 Å². The molecule has 4 aromatic heterocycles. The van der Waals surface area contributed by atoms with Crippen molar-refractivity contribution in [1.29, 1.82) is 5.41 Å². The van der Waals surface area contributed by atoms with Crippen molar-refractivity contribution in [2.75, 3.05) is 0 Å². The molecule has 0 aliphatic carbocycles. The summed E-state index contributed by atoms with van der Waals surface area (Å²) in [6.07, 6.45) is 3.14. The van der Waals surface area contributed by atoms with E-state index in [1.54, 1.807) is 42.6 Å². The number of nitrogens with zero attached hydrogens (tertiary/aromatic N) is 3. The first kappa shape index (κ1) is 20.7. The molecule has 0 aliphatic heterocycles. The van der Waals surface area contributed by atoms with Crippen molar-refractivity contribution in [2.24, 2.45) is 0 Å². The highest BCUT2D eigenvalue weighted by Gasteiger charge is 2.18. The van der Waals surface area contributed by atoms with Crippen LogP contribution in [-0.4, -0.2) is 19.9 Å². The highest BCUT2D eigenvalue weighted by atomic mass is 35.5. The van der Waals surface area contributed by atoms with Gasteiger partial charge in [-0.1, -0.05) is 35.9 Å². The molecule has 164 valence electrons. The van der Waals surface area contributed by atoms with E-state index in [0.29, 0.717) is 22.1 Å². The summed E-state index contributed by atoms with van der Waals surface area (Å²) >= 11 is 6.36. The van der Waals surface area contributed by atoms with Gasteiger partial charge in [-0.3, -0.25) is 19.4 Å². The van der Waals surface area contributed by atoms with Crippen LogP contribution in [0.3, 0.4) is 0 Å². The van der Waals surface area contributed by atoms with Gasteiger partial charge in [0.25, 0.3) is 11.5 Å². The number of carbonyl (C=O) groups is 1. The summed E-state index contributed by atoms with van der Waals surface area (Å²) in [5.74, 6) is 0.0797. The lowest BCUT2D eigenvalue weighted by atomic mass is 10.1. The molecule has 0 fully saturated rings. The van der Waals surface area contributed by atoms with Gasteiger partial charge >= 0.3 is 0 Å². The fraction of sp³-hybridized carbons (Fsp3) is 0.0833. The summed E-state index contributed by atoms with van der Waals surface area (Å²) in [5, 5.41) is 12.3. The predicted octanol–water partition coefficient (Wildman–Crippen LogP) is 3.35. The Hall–Kier alpha value is -4.17. The van der Waals surface area contributed by atoms with Gasteiger partial charge in [0.15, 0.2) is 0 Å². The molecule has 0 radical (unpaired) electrons. The molecule has 9 heteroatoms. The molecule has 0 aliphatic rings. The molecular weight excluding hydrogens is 442 g/mol. The van der Waals surface area contributed by atoms with Crippen molar-refractivity contribution in [1.82, 2.24) is 19.3 Å². The van der Waals surface area contributed by atoms with Gasteiger partial charge in [0.2, 0.25) is 0 Å². The number of nitrogens with one attached hydrogen (secondary N) is 2. The van der Waals surface area contributed by atoms with Crippen LogP contribution >= 0.6 is 11.6 Å². The summed E-state index contributed by atoms with van der Waals surface area (Å²) in [4.78, 5) is 30.9. The Morgan fingerprint density at radius 3 is 2.73 bits per heavy atom. The van der Waals surface area contributed by atoms with E-state index in [1.807, 2.05) is 18.2 Å². The van der Waals surface area contributed by atoms with Gasteiger partial charge in [0.1, 0.15) is 22.5 Å². The monoisotopic (exact) mass is 459 g/mol. The molecule has 4 heterocycles. The zero-order valence-electron chi connectivity index (χ0n) is 17.3. The molecule has 5 rings (SSSR count). The van der Waals surface area contributed by atoms with Gasteiger partial charge in [-0.15, -0.1) is 0 Å². The molecule has 8 nitrogen and oxygen atoms in total. The molecule has 1 amide bonds. The number of hydrogen-bond acceptors (Lipinski definition) is 5. The summed E-state index contributed by atoms with van der Waals surface area (Å²) in [7, 11) is 0. The first-order chi connectivity index (χ1) is 16.0. The van der Waals surface area contributed by atoms with Crippen LogP contribution in [0.4, 0.5) is 0 Å². The minimum atomic E-state index is -0.497. The van der Waals surface area contributed by atoms with Crippen LogP contribution in [0.2, 0.25) is 5.02 Å². The van der Waals surface area contributed by atoms with E-state index >= 15 is 0 Å². The van der Waals surface area contributed by atoms with Crippen molar-refractivity contribution in [2.45, 2.75) is 13.1 Å². The molecule has 1 aromatic carbocycles. The minimum absolute atomic E-state index is 0.0518. The van der Waals surface area contributed by atoms with Crippen LogP contribution in [0.1, 0.15) is 21.7 Å². The number of pyridine rings is 2. The van der Waals surface area contributed by atoms with E-state index in [2.05, 4.69) is 10.3 Å². The molecule has 0 atom stereocenters. The number of rotatable bonds is 5. The molecule has 33 heavy (non-hydrogen) atoms. The van der Waals surface area contributed by atoms with Crippen LogP contribution in [0.15, 0.2) is 82.3 Å². The van der Waals surface area contributed by atoms with Gasteiger partial charge in [0.05, 0.1) is 30.3 Å². The summed E-state index contributed by atoms with van der Waals surface area (Å²) in [6, 6.07) is 17.4. The van der Waals surface area contributed by atoms with Crippen molar-refractivity contribution in [3.63, 3.8) is 0 Å². The van der Waals surface area contributed by atoms with Gasteiger partial charge in [0, 0.05) is 11.2 Å². The van der Waals surface area contributed by atoms with Gasteiger partial charge in [-0.05, 0) is 42.0 Å². The lowest BCUT2D eigenvalue weighted by Crippen LogP contribution is -2.35. The van der Waals surface area contributed by atoms with Crippen molar-refractivity contribution < 1.29 is 9.21 Å². The number of halogens is 1. The molecule has 0 bridgehead atoms.